The average Bonchev–Trinajstić information content (AvgIpc) is 3.26. The Morgan fingerprint density at radius 1 is 0.949 bits per heavy atom. The highest BCUT2D eigenvalue weighted by Gasteiger charge is 2.33. The number of hydrogen-bond acceptors (Lipinski definition) is 7. The highest BCUT2D eigenvalue weighted by atomic mass is 32.1. The number of carbonyl (C=O) groups is 2. The molecule has 2 heterocycles. The maximum atomic E-state index is 13.8. The molecular formula is C31H26N2O5S. The van der Waals surface area contributed by atoms with Gasteiger partial charge in [0.1, 0.15) is 6.61 Å². The number of fused-ring (bicyclic) bond motifs is 1. The van der Waals surface area contributed by atoms with E-state index in [0.717, 1.165) is 16.7 Å². The molecule has 8 heteroatoms. The molecule has 0 fully saturated rings. The van der Waals surface area contributed by atoms with Gasteiger partial charge < -0.3 is 9.47 Å². The van der Waals surface area contributed by atoms with Gasteiger partial charge in [0.15, 0.2) is 4.80 Å². The van der Waals surface area contributed by atoms with E-state index in [9.17, 15) is 14.4 Å². The second kappa shape index (κ2) is 11.0. The zero-order valence-electron chi connectivity index (χ0n) is 21.7. The number of allylic oxidation sites excluding steroid dienone is 1. The number of carbonyl (C=O) groups excluding carboxylic acids is 2. The molecule has 0 radical (unpaired) electrons. The van der Waals surface area contributed by atoms with Crippen LogP contribution >= 0.6 is 11.3 Å². The Hall–Kier alpha value is -4.56. The van der Waals surface area contributed by atoms with Crippen molar-refractivity contribution in [3.63, 3.8) is 0 Å². The van der Waals surface area contributed by atoms with Gasteiger partial charge in [-0.05, 0) is 48.7 Å². The van der Waals surface area contributed by atoms with Gasteiger partial charge >= 0.3 is 11.9 Å². The predicted molar refractivity (Wildman–Crippen MR) is 149 cm³/mol. The molecule has 0 saturated carbocycles. The molecule has 0 bridgehead atoms. The molecule has 1 aromatic heterocycles. The van der Waals surface area contributed by atoms with Gasteiger partial charge in [0.05, 0.1) is 34.5 Å². The van der Waals surface area contributed by atoms with E-state index in [-0.39, 0.29) is 17.7 Å². The van der Waals surface area contributed by atoms with E-state index in [1.807, 2.05) is 67.6 Å². The van der Waals surface area contributed by atoms with Gasteiger partial charge in [0.2, 0.25) is 0 Å². The first kappa shape index (κ1) is 26.1. The lowest BCUT2D eigenvalue weighted by Gasteiger charge is -2.25. The Balaban J connectivity index is 1.61. The molecule has 7 nitrogen and oxygen atoms in total. The molecular weight excluding hydrogens is 512 g/mol. The third-order valence-corrected chi connectivity index (χ3v) is 7.46. The van der Waals surface area contributed by atoms with Crippen LogP contribution in [0.15, 0.2) is 99.9 Å². The summed E-state index contributed by atoms with van der Waals surface area (Å²) in [6, 6.07) is 23.2. The third-order valence-electron chi connectivity index (χ3n) is 6.48. The third kappa shape index (κ3) is 5.37. The number of rotatable bonds is 6. The standard InChI is InChI=1S/C31H26N2O5S/c1-19-9-11-21(12-10-19)17-25-28(34)33-27(23-13-15-24(16-14-23)29(35)37-3)26(20(2)32-31(33)39-25)30(36)38-18-22-7-5-4-6-8-22/h4-17,27H,18H2,1-3H3/b25-17+/t27-/m1/s1. The highest BCUT2D eigenvalue weighted by molar-refractivity contribution is 7.07. The molecule has 0 amide bonds. The lowest BCUT2D eigenvalue weighted by Crippen LogP contribution is -2.39. The van der Waals surface area contributed by atoms with Gasteiger partial charge in [-0.25, -0.2) is 14.6 Å². The molecule has 39 heavy (non-hydrogen) atoms. The van der Waals surface area contributed by atoms with Crippen molar-refractivity contribution in [2.45, 2.75) is 26.5 Å². The van der Waals surface area contributed by atoms with Crippen LogP contribution in [-0.2, 0) is 20.9 Å². The van der Waals surface area contributed by atoms with E-state index in [2.05, 4.69) is 4.99 Å². The van der Waals surface area contributed by atoms with Crippen LogP contribution in [0.1, 0.15) is 45.6 Å². The van der Waals surface area contributed by atoms with E-state index < -0.39 is 18.0 Å². The van der Waals surface area contributed by atoms with Crippen LogP contribution in [0.4, 0.5) is 0 Å². The predicted octanol–water partition coefficient (Wildman–Crippen LogP) is 4.07. The van der Waals surface area contributed by atoms with Gasteiger partial charge in [-0.1, -0.05) is 83.6 Å². The minimum Gasteiger partial charge on any atom is -0.465 e. The molecule has 1 aliphatic heterocycles. The SMILES string of the molecule is COC(=O)c1ccc([C@@H]2C(C(=O)OCc3ccccc3)=C(C)N=c3s/c(=C/c4ccc(C)cc4)c(=O)n32)cc1. The minimum absolute atomic E-state index is 0.0856. The van der Waals surface area contributed by atoms with Crippen molar-refractivity contribution in [2.24, 2.45) is 4.99 Å². The Morgan fingerprint density at radius 3 is 2.31 bits per heavy atom. The van der Waals surface area contributed by atoms with Crippen molar-refractivity contribution in [1.29, 1.82) is 0 Å². The largest absolute Gasteiger partial charge is 0.465 e. The quantitative estimate of drug-likeness (QED) is 0.346. The van der Waals surface area contributed by atoms with Crippen molar-refractivity contribution in [1.82, 2.24) is 4.57 Å². The number of benzene rings is 3. The van der Waals surface area contributed by atoms with Crippen LogP contribution < -0.4 is 14.9 Å². The van der Waals surface area contributed by atoms with Gasteiger partial charge in [-0.2, -0.15) is 0 Å². The van der Waals surface area contributed by atoms with Crippen LogP contribution in [0.2, 0.25) is 0 Å². The Kier molecular flexibility index (Phi) is 7.38. The minimum atomic E-state index is -0.781. The summed E-state index contributed by atoms with van der Waals surface area (Å²) in [5, 5.41) is 0. The number of hydrogen-bond donors (Lipinski definition) is 0. The summed E-state index contributed by atoms with van der Waals surface area (Å²) in [4.78, 5) is 44.4. The molecule has 3 aromatic carbocycles. The summed E-state index contributed by atoms with van der Waals surface area (Å²) in [6.07, 6.45) is 1.83. The van der Waals surface area contributed by atoms with Crippen LogP contribution in [0.3, 0.4) is 0 Å². The Morgan fingerprint density at radius 2 is 1.64 bits per heavy atom. The van der Waals surface area contributed by atoms with E-state index in [4.69, 9.17) is 9.47 Å². The fraction of sp³-hybridized carbons (Fsp3) is 0.161. The first-order valence-corrected chi connectivity index (χ1v) is 13.2. The molecule has 0 spiro atoms. The second-order valence-electron chi connectivity index (χ2n) is 9.17. The molecule has 5 rings (SSSR count). The maximum Gasteiger partial charge on any atom is 0.338 e. The molecule has 0 unspecified atom stereocenters. The van der Waals surface area contributed by atoms with Crippen molar-refractivity contribution < 1.29 is 19.1 Å². The molecule has 0 saturated heterocycles. The van der Waals surface area contributed by atoms with E-state index in [1.165, 1.54) is 23.0 Å². The van der Waals surface area contributed by atoms with Gasteiger partial charge in [-0.3, -0.25) is 9.36 Å². The first-order valence-electron chi connectivity index (χ1n) is 12.3. The smallest absolute Gasteiger partial charge is 0.338 e. The van der Waals surface area contributed by atoms with E-state index in [0.29, 0.717) is 26.2 Å². The van der Waals surface area contributed by atoms with Crippen molar-refractivity contribution in [3.8, 4) is 0 Å². The number of aryl methyl sites for hydroxylation is 1. The topological polar surface area (TPSA) is 87.0 Å². The number of methoxy groups -OCH3 is 1. The number of aromatic nitrogens is 1. The summed E-state index contributed by atoms with van der Waals surface area (Å²) in [6.45, 7) is 3.83. The van der Waals surface area contributed by atoms with Crippen LogP contribution in [0.5, 0.6) is 0 Å². The van der Waals surface area contributed by atoms with Crippen LogP contribution in [-0.4, -0.2) is 23.6 Å². The van der Waals surface area contributed by atoms with Gasteiger partial charge in [0.25, 0.3) is 5.56 Å². The maximum absolute atomic E-state index is 13.8. The average molecular weight is 539 g/mol. The Labute approximate surface area is 229 Å². The van der Waals surface area contributed by atoms with E-state index >= 15 is 0 Å². The highest BCUT2D eigenvalue weighted by Crippen LogP contribution is 2.31. The summed E-state index contributed by atoms with van der Waals surface area (Å²) in [5.41, 5.74) is 4.35. The summed E-state index contributed by atoms with van der Waals surface area (Å²) in [7, 11) is 1.31. The van der Waals surface area contributed by atoms with E-state index in [1.54, 1.807) is 31.2 Å². The second-order valence-corrected chi connectivity index (χ2v) is 10.2. The number of esters is 2. The fourth-order valence-corrected chi connectivity index (χ4v) is 5.48. The van der Waals surface area contributed by atoms with Gasteiger partial charge in [-0.15, -0.1) is 0 Å². The lowest BCUT2D eigenvalue weighted by molar-refractivity contribution is -0.140. The monoisotopic (exact) mass is 538 g/mol. The molecule has 1 atom stereocenters. The van der Waals surface area contributed by atoms with Crippen molar-refractivity contribution >= 4 is 29.4 Å². The fourth-order valence-electron chi connectivity index (χ4n) is 4.43. The summed E-state index contributed by atoms with van der Waals surface area (Å²) >= 11 is 1.27. The number of nitrogens with zero attached hydrogens (tertiary/aromatic N) is 2. The molecule has 0 N–H and O–H groups in total. The lowest BCUT2D eigenvalue weighted by atomic mass is 9.95. The van der Waals surface area contributed by atoms with Gasteiger partial charge in [0, 0.05) is 0 Å². The van der Waals surface area contributed by atoms with Crippen LogP contribution in [0.25, 0.3) is 6.08 Å². The summed E-state index contributed by atoms with van der Waals surface area (Å²) in [5.74, 6) is -1.03. The van der Waals surface area contributed by atoms with Crippen LogP contribution in [0, 0.1) is 6.92 Å². The Bertz CT molecular complexity index is 1750. The van der Waals surface area contributed by atoms with Crippen molar-refractivity contribution in [2.75, 3.05) is 7.11 Å². The summed E-state index contributed by atoms with van der Waals surface area (Å²) < 4.78 is 12.5. The number of ether oxygens (including phenoxy) is 2. The molecule has 4 aromatic rings. The molecule has 196 valence electrons. The number of thiazole rings is 1. The zero-order valence-corrected chi connectivity index (χ0v) is 22.5. The molecule has 0 aliphatic carbocycles. The van der Waals surface area contributed by atoms with Crippen molar-refractivity contribution in [3.05, 3.63) is 138 Å². The zero-order chi connectivity index (χ0) is 27.5. The normalized spacial score (nSPS) is 14.9. The molecule has 1 aliphatic rings. The first-order chi connectivity index (χ1) is 18.9.